The summed E-state index contributed by atoms with van der Waals surface area (Å²) in [7, 11) is 1.28. The molecule has 1 heterocycles. The van der Waals surface area contributed by atoms with Crippen molar-refractivity contribution in [3.63, 3.8) is 0 Å². The molecule has 0 saturated heterocycles. The first kappa shape index (κ1) is 21.1. The summed E-state index contributed by atoms with van der Waals surface area (Å²) >= 11 is 1.43. The summed E-state index contributed by atoms with van der Waals surface area (Å²) in [5, 5.41) is 8.81. The summed E-state index contributed by atoms with van der Waals surface area (Å²) in [6.07, 6.45) is 0.496. The molecule has 0 radical (unpaired) electrons. The van der Waals surface area contributed by atoms with E-state index in [-0.39, 0.29) is 12.3 Å². The Hall–Kier alpha value is -3.20. The molecule has 2 rings (SSSR count). The van der Waals surface area contributed by atoms with Crippen LogP contribution in [0, 0.1) is 0 Å². The maximum atomic E-state index is 11.8. The third kappa shape index (κ3) is 6.84. The normalized spacial score (nSPS) is 10.0. The molecule has 2 N–H and O–H groups in total. The van der Waals surface area contributed by atoms with Crippen molar-refractivity contribution in [2.75, 3.05) is 25.6 Å². The number of thiophene rings is 1. The second kappa shape index (κ2) is 10.8. The number of anilines is 1. The molecule has 0 spiro atoms. The van der Waals surface area contributed by atoms with E-state index in [1.807, 2.05) is 5.38 Å². The average Bonchev–Trinajstić information content (AvgIpc) is 3.24. The fraction of sp³-hybridized carbons (Fsp3) is 0.263. The van der Waals surface area contributed by atoms with E-state index in [1.54, 1.807) is 23.6 Å². The van der Waals surface area contributed by atoms with Crippen LogP contribution in [0.3, 0.4) is 0 Å². The number of carbonyl (C=O) groups excluding carboxylic acids is 4. The van der Waals surface area contributed by atoms with Crippen molar-refractivity contribution < 1.29 is 28.7 Å². The van der Waals surface area contributed by atoms with Crippen molar-refractivity contribution in [1.29, 1.82) is 0 Å². The molecular weight excluding hydrogens is 384 g/mol. The second-order valence-electron chi connectivity index (χ2n) is 5.65. The number of nitrogens with one attached hydrogen (secondary N) is 2. The third-order valence-electron chi connectivity index (χ3n) is 3.58. The highest BCUT2D eigenvalue weighted by atomic mass is 32.1. The van der Waals surface area contributed by atoms with Gasteiger partial charge in [-0.15, -0.1) is 0 Å². The first-order valence-corrected chi connectivity index (χ1v) is 9.38. The largest absolute Gasteiger partial charge is 0.465 e. The first-order chi connectivity index (χ1) is 13.5. The molecule has 0 atom stereocenters. The minimum absolute atomic E-state index is 0.0883. The summed E-state index contributed by atoms with van der Waals surface area (Å²) in [6, 6.07) is 7.83. The van der Waals surface area contributed by atoms with Gasteiger partial charge in [-0.2, -0.15) is 11.3 Å². The van der Waals surface area contributed by atoms with E-state index in [2.05, 4.69) is 15.4 Å². The number of benzene rings is 1. The van der Waals surface area contributed by atoms with Gasteiger partial charge in [0.25, 0.3) is 11.8 Å². The van der Waals surface area contributed by atoms with Gasteiger partial charge in [0.2, 0.25) is 0 Å². The summed E-state index contributed by atoms with van der Waals surface area (Å²) in [5.41, 5.74) is 1.41. The molecular formula is C19H20N2O6S. The van der Waals surface area contributed by atoms with Gasteiger partial charge in [0.05, 0.1) is 12.7 Å². The maximum Gasteiger partial charge on any atom is 0.337 e. The highest BCUT2D eigenvalue weighted by Crippen LogP contribution is 2.10. The topological polar surface area (TPSA) is 111 Å². The van der Waals surface area contributed by atoms with Crippen LogP contribution in [0.15, 0.2) is 41.1 Å². The molecule has 2 aromatic rings. The Kier molecular flexibility index (Phi) is 8.16. The smallest absolute Gasteiger partial charge is 0.337 e. The summed E-state index contributed by atoms with van der Waals surface area (Å²) < 4.78 is 9.49. The summed E-state index contributed by atoms with van der Waals surface area (Å²) in [5.74, 6) is -1.68. The molecule has 28 heavy (non-hydrogen) atoms. The van der Waals surface area contributed by atoms with Crippen LogP contribution in [-0.4, -0.2) is 44.0 Å². The summed E-state index contributed by atoms with van der Waals surface area (Å²) in [6.45, 7) is -0.0820. The SMILES string of the molecule is COC(=O)c1ccc(NC(=O)COC(=O)CCCNC(=O)c2ccsc2)cc1. The van der Waals surface area contributed by atoms with E-state index in [1.165, 1.54) is 30.6 Å². The van der Waals surface area contributed by atoms with Crippen LogP contribution >= 0.6 is 11.3 Å². The molecule has 8 nitrogen and oxygen atoms in total. The highest BCUT2D eigenvalue weighted by molar-refractivity contribution is 7.08. The van der Waals surface area contributed by atoms with Crippen molar-refractivity contribution in [3.05, 3.63) is 52.2 Å². The van der Waals surface area contributed by atoms with Crippen molar-refractivity contribution >= 4 is 40.8 Å². The highest BCUT2D eigenvalue weighted by Gasteiger charge is 2.10. The Bertz CT molecular complexity index is 817. The molecule has 2 amide bonds. The zero-order valence-corrected chi connectivity index (χ0v) is 16.0. The number of hydrogen-bond donors (Lipinski definition) is 2. The lowest BCUT2D eigenvalue weighted by molar-refractivity contribution is -0.147. The van der Waals surface area contributed by atoms with Crippen molar-refractivity contribution in [1.82, 2.24) is 5.32 Å². The number of methoxy groups -OCH3 is 1. The van der Waals surface area contributed by atoms with E-state index >= 15 is 0 Å². The number of amides is 2. The molecule has 0 fully saturated rings. The van der Waals surface area contributed by atoms with E-state index in [4.69, 9.17) is 4.74 Å². The zero-order valence-electron chi connectivity index (χ0n) is 15.2. The Morgan fingerprint density at radius 2 is 1.79 bits per heavy atom. The summed E-state index contributed by atoms with van der Waals surface area (Å²) in [4.78, 5) is 46.5. The third-order valence-corrected chi connectivity index (χ3v) is 4.26. The maximum absolute atomic E-state index is 11.8. The van der Waals surface area contributed by atoms with Crippen molar-refractivity contribution in [3.8, 4) is 0 Å². The van der Waals surface area contributed by atoms with Crippen LogP contribution in [0.1, 0.15) is 33.6 Å². The number of carbonyl (C=O) groups is 4. The van der Waals surface area contributed by atoms with E-state index < -0.39 is 24.5 Å². The van der Waals surface area contributed by atoms with Crippen LogP contribution in [-0.2, 0) is 19.1 Å². The number of hydrogen-bond acceptors (Lipinski definition) is 7. The van der Waals surface area contributed by atoms with Gasteiger partial charge in [0.1, 0.15) is 0 Å². The molecule has 1 aromatic heterocycles. The second-order valence-corrected chi connectivity index (χ2v) is 6.43. The first-order valence-electron chi connectivity index (χ1n) is 8.44. The molecule has 0 unspecified atom stereocenters. The lowest BCUT2D eigenvalue weighted by atomic mass is 10.2. The van der Waals surface area contributed by atoms with Crippen molar-refractivity contribution in [2.45, 2.75) is 12.8 Å². The van der Waals surface area contributed by atoms with Gasteiger partial charge < -0.3 is 20.1 Å². The lowest BCUT2D eigenvalue weighted by Crippen LogP contribution is -2.25. The minimum atomic E-state index is -0.527. The van der Waals surface area contributed by atoms with Gasteiger partial charge in [-0.05, 0) is 42.1 Å². The molecule has 1 aromatic carbocycles. The molecule has 9 heteroatoms. The Morgan fingerprint density at radius 3 is 2.43 bits per heavy atom. The predicted molar refractivity (Wildman–Crippen MR) is 103 cm³/mol. The molecule has 0 saturated carbocycles. The number of rotatable bonds is 9. The van der Waals surface area contributed by atoms with Crippen molar-refractivity contribution in [2.24, 2.45) is 0 Å². The standard InChI is InChI=1S/C19H20N2O6S/c1-26-19(25)13-4-6-15(7-5-13)21-16(22)11-27-17(23)3-2-9-20-18(24)14-8-10-28-12-14/h4-8,10,12H,2-3,9,11H2,1H3,(H,20,24)(H,21,22). The predicted octanol–water partition coefficient (Wildman–Crippen LogP) is 2.23. The fourth-order valence-corrected chi connectivity index (χ4v) is 2.79. The van der Waals surface area contributed by atoms with Gasteiger partial charge in [-0.1, -0.05) is 0 Å². The molecule has 0 aliphatic rings. The monoisotopic (exact) mass is 404 g/mol. The minimum Gasteiger partial charge on any atom is -0.465 e. The zero-order chi connectivity index (χ0) is 20.4. The molecule has 0 aliphatic carbocycles. The van der Waals surface area contributed by atoms with E-state index in [9.17, 15) is 19.2 Å². The van der Waals surface area contributed by atoms with Crippen LogP contribution in [0.4, 0.5) is 5.69 Å². The Balaban J connectivity index is 1.62. The van der Waals surface area contributed by atoms with Gasteiger partial charge in [0.15, 0.2) is 6.61 Å². The van der Waals surface area contributed by atoms with Gasteiger partial charge in [0, 0.05) is 29.6 Å². The Morgan fingerprint density at radius 1 is 1.04 bits per heavy atom. The van der Waals surface area contributed by atoms with Crippen LogP contribution in [0.5, 0.6) is 0 Å². The van der Waals surface area contributed by atoms with Gasteiger partial charge in [-0.3, -0.25) is 14.4 Å². The molecule has 0 bridgehead atoms. The number of ether oxygens (including phenoxy) is 2. The van der Waals surface area contributed by atoms with Crippen LogP contribution in [0.2, 0.25) is 0 Å². The fourth-order valence-electron chi connectivity index (χ4n) is 2.15. The Labute approximate surface area is 165 Å². The lowest BCUT2D eigenvalue weighted by Gasteiger charge is -2.07. The molecule has 0 aliphatic heterocycles. The molecule has 148 valence electrons. The quantitative estimate of drug-likeness (QED) is 0.490. The number of esters is 2. The van der Waals surface area contributed by atoms with E-state index in [0.717, 1.165) is 0 Å². The van der Waals surface area contributed by atoms with Gasteiger partial charge in [-0.25, -0.2) is 4.79 Å². The van der Waals surface area contributed by atoms with E-state index in [0.29, 0.717) is 29.8 Å². The van der Waals surface area contributed by atoms with Crippen LogP contribution in [0.25, 0.3) is 0 Å². The average molecular weight is 404 g/mol. The van der Waals surface area contributed by atoms with Gasteiger partial charge >= 0.3 is 11.9 Å². The van der Waals surface area contributed by atoms with Crippen LogP contribution < -0.4 is 10.6 Å².